The van der Waals surface area contributed by atoms with E-state index in [9.17, 15) is 22.4 Å². The molecule has 3 aromatic rings. The van der Waals surface area contributed by atoms with E-state index in [1.54, 1.807) is 13.1 Å². The van der Waals surface area contributed by atoms with Crippen LogP contribution in [0, 0.1) is 5.82 Å². The average Bonchev–Trinajstić information content (AvgIpc) is 2.93. The molecular weight excluding hydrogens is 340 g/mol. The number of amides is 1. The summed E-state index contributed by atoms with van der Waals surface area (Å²) >= 11 is 0. The first-order valence-electron chi connectivity index (χ1n) is 7.18. The highest BCUT2D eigenvalue weighted by Gasteiger charge is 2.34. The van der Waals surface area contributed by atoms with Crippen LogP contribution >= 0.6 is 0 Å². The van der Waals surface area contributed by atoms with Gasteiger partial charge in [0.1, 0.15) is 11.3 Å². The van der Waals surface area contributed by atoms with E-state index in [1.807, 2.05) is 0 Å². The molecule has 0 aliphatic heterocycles. The second-order valence-electron chi connectivity index (χ2n) is 5.36. The summed E-state index contributed by atoms with van der Waals surface area (Å²) in [4.78, 5) is 16.2. The van der Waals surface area contributed by atoms with Crippen molar-refractivity contribution in [2.45, 2.75) is 12.7 Å². The third-order valence-electron chi connectivity index (χ3n) is 3.68. The molecule has 9 heteroatoms. The third-order valence-corrected chi connectivity index (χ3v) is 3.68. The molecular formula is C16H12F4N4O. The predicted octanol–water partition coefficient (Wildman–Crippen LogP) is 3.06. The van der Waals surface area contributed by atoms with Gasteiger partial charge >= 0.3 is 6.18 Å². The van der Waals surface area contributed by atoms with Crippen LogP contribution in [-0.4, -0.2) is 20.7 Å². The summed E-state index contributed by atoms with van der Waals surface area (Å²) in [6.07, 6.45) is -1.94. The number of carbonyl (C=O) groups is 1. The Morgan fingerprint density at radius 2 is 2.04 bits per heavy atom. The minimum Gasteiger partial charge on any atom is -0.348 e. The number of aromatic nitrogens is 3. The molecule has 1 N–H and O–H groups in total. The number of fused-ring (bicyclic) bond motifs is 1. The number of nitrogens with zero attached hydrogens (tertiary/aromatic N) is 3. The lowest BCUT2D eigenvalue weighted by Crippen LogP contribution is -2.24. The largest absolute Gasteiger partial charge is 0.419 e. The van der Waals surface area contributed by atoms with E-state index in [4.69, 9.17) is 0 Å². The molecule has 0 saturated heterocycles. The van der Waals surface area contributed by atoms with Crippen molar-refractivity contribution in [2.75, 3.05) is 0 Å². The summed E-state index contributed by atoms with van der Waals surface area (Å²) in [6.45, 7) is -0.377. The fourth-order valence-electron chi connectivity index (χ4n) is 2.36. The molecule has 0 atom stereocenters. The van der Waals surface area contributed by atoms with Crippen LogP contribution in [0.25, 0.3) is 11.0 Å². The molecule has 1 amide bonds. The molecule has 3 rings (SSSR count). The summed E-state index contributed by atoms with van der Waals surface area (Å²) in [5.74, 6) is -1.97. The van der Waals surface area contributed by atoms with Crippen molar-refractivity contribution in [3.63, 3.8) is 0 Å². The number of benzene rings is 1. The highest BCUT2D eigenvalue weighted by atomic mass is 19.4. The molecule has 2 aromatic heterocycles. The minimum atomic E-state index is -4.79. The van der Waals surface area contributed by atoms with Crippen molar-refractivity contribution >= 4 is 16.9 Å². The second kappa shape index (κ2) is 6.15. The maximum Gasteiger partial charge on any atom is 0.419 e. The molecule has 2 heterocycles. The van der Waals surface area contributed by atoms with Gasteiger partial charge in [-0.3, -0.25) is 14.5 Å². The summed E-state index contributed by atoms with van der Waals surface area (Å²) in [5, 5.41) is 6.40. The molecule has 0 saturated carbocycles. The zero-order valence-corrected chi connectivity index (χ0v) is 12.9. The second-order valence-corrected chi connectivity index (χ2v) is 5.36. The number of hydrogen-bond acceptors (Lipinski definition) is 3. The zero-order chi connectivity index (χ0) is 18.2. The van der Waals surface area contributed by atoms with Gasteiger partial charge in [-0.15, -0.1) is 0 Å². The van der Waals surface area contributed by atoms with Crippen LogP contribution < -0.4 is 5.32 Å². The fourth-order valence-corrected chi connectivity index (χ4v) is 2.36. The van der Waals surface area contributed by atoms with E-state index >= 15 is 0 Å². The number of aryl methyl sites for hydroxylation is 1. The Bertz CT molecular complexity index is 949. The van der Waals surface area contributed by atoms with Crippen LogP contribution in [0.1, 0.15) is 21.5 Å². The van der Waals surface area contributed by atoms with Crippen molar-refractivity contribution in [3.8, 4) is 0 Å². The Labute approximate surface area is 139 Å². The lowest BCUT2D eigenvalue weighted by atomic mass is 10.1. The molecule has 0 spiro atoms. The molecule has 0 aliphatic carbocycles. The van der Waals surface area contributed by atoms with E-state index in [0.29, 0.717) is 17.1 Å². The van der Waals surface area contributed by atoms with Crippen LogP contribution in [-0.2, 0) is 19.8 Å². The van der Waals surface area contributed by atoms with Crippen molar-refractivity contribution in [3.05, 3.63) is 59.2 Å². The standard InChI is InChI=1S/C16H12F4N4O/c1-24-13-5-10(7-21-12(13)8-23-24)15(25)22-6-9-3-2-4-11(14(9)17)16(18,19)20/h2-5,7-8H,6H2,1H3,(H,22,25). The van der Waals surface area contributed by atoms with Gasteiger partial charge in [0.15, 0.2) is 0 Å². The van der Waals surface area contributed by atoms with Gasteiger partial charge < -0.3 is 5.32 Å². The molecule has 0 fully saturated rings. The van der Waals surface area contributed by atoms with Crippen molar-refractivity contribution in [1.29, 1.82) is 0 Å². The monoisotopic (exact) mass is 352 g/mol. The van der Waals surface area contributed by atoms with Crippen LogP contribution in [0.4, 0.5) is 17.6 Å². The number of nitrogens with one attached hydrogen (secondary N) is 1. The van der Waals surface area contributed by atoms with Gasteiger partial charge in [-0.1, -0.05) is 12.1 Å². The van der Waals surface area contributed by atoms with E-state index in [-0.39, 0.29) is 17.7 Å². The lowest BCUT2D eigenvalue weighted by Gasteiger charge is -2.12. The SMILES string of the molecule is Cn1ncc2ncc(C(=O)NCc3cccc(C(F)(F)F)c3F)cc21. The van der Waals surface area contributed by atoms with Gasteiger partial charge in [-0.25, -0.2) is 4.39 Å². The Hall–Kier alpha value is -2.97. The lowest BCUT2D eigenvalue weighted by molar-refractivity contribution is -0.140. The smallest absolute Gasteiger partial charge is 0.348 e. The predicted molar refractivity (Wildman–Crippen MR) is 81.1 cm³/mol. The number of pyridine rings is 1. The molecule has 130 valence electrons. The van der Waals surface area contributed by atoms with Gasteiger partial charge in [-0.2, -0.15) is 18.3 Å². The first-order chi connectivity index (χ1) is 11.8. The van der Waals surface area contributed by atoms with Crippen LogP contribution in [0.2, 0.25) is 0 Å². The van der Waals surface area contributed by atoms with E-state index < -0.39 is 23.5 Å². The van der Waals surface area contributed by atoms with E-state index in [2.05, 4.69) is 15.4 Å². The fraction of sp³-hybridized carbons (Fsp3) is 0.188. The normalized spacial score (nSPS) is 11.7. The number of alkyl halides is 3. The maximum absolute atomic E-state index is 13.9. The highest BCUT2D eigenvalue weighted by molar-refractivity contribution is 5.96. The minimum absolute atomic E-state index is 0.198. The Morgan fingerprint density at radius 3 is 2.76 bits per heavy atom. The van der Waals surface area contributed by atoms with Gasteiger partial charge in [0, 0.05) is 25.4 Å². The molecule has 25 heavy (non-hydrogen) atoms. The molecule has 0 radical (unpaired) electrons. The quantitative estimate of drug-likeness (QED) is 0.737. The summed E-state index contributed by atoms with van der Waals surface area (Å²) in [7, 11) is 1.68. The molecule has 0 bridgehead atoms. The summed E-state index contributed by atoms with van der Waals surface area (Å²) in [6, 6.07) is 4.48. The number of halogens is 4. The highest BCUT2D eigenvalue weighted by Crippen LogP contribution is 2.32. The molecule has 0 aliphatic rings. The third kappa shape index (κ3) is 3.30. The topological polar surface area (TPSA) is 59.8 Å². The van der Waals surface area contributed by atoms with Crippen molar-refractivity contribution in [1.82, 2.24) is 20.1 Å². The van der Waals surface area contributed by atoms with E-state index in [1.165, 1.54) is 23.1 Å². The Balaban J connectivity index is 1.79. The first kappa shape index (κ1) is 16.9. The van der Waals surface area contributed by atoms with Gasteiger partial charge in [-0.05, 0) is 12.1 Å². The number of rotatable bonds is 3. The van der Waals surface area contributed by atoms with Crippen LogP contribution in [0.5, 0.6) is 0 Å². The van der Waals surface area contributed by atoms with Crippen molar-refractivity contribution < 1.29 is 22.4 Å². The van der Waals surface area contributed by atoms with Gasteiger partial charge in [0.05, 0.1) is 22.8 Å². The average molecular weight is 352 g/mol. The maximum atomic E-state index is 13.9. The number of hydrogen-bond donors (Lipinski definition) is 1. The summed E-state index contributed by atoms with van der Waals surface area (Å²) < 4.78 is 53.6. The molecule has 0 unspecified atom stereocenters. The van der Waals surface area contributed by atoms with Gasteiger partial charge in [0.25, 0.3) is 5.91 Å². The van der Waals surface area contributed by atoms with Crippen molar-refractivity contribution in [2.24, 2.45) is 7.05 Å². The van der Waals surface area contributed by atoms with E-state index in [0.717, 1.165) is 6.07 Å². The summed E-state index contributed by atoms with van der Waals surface area (Å²) in [5.41, 5.74) is -0.195. The zero-order valence-electron chi connectivity index (χ0n) is 12.9. The van der Waals surface area contributed by atoms with Crippen LogP contribution in [0.15, 0.2) is 36.7 Å². The Kier molecular flexibility index (Phi) is 4.15. The molecule has 1 aromatic carbocycles. The van der Waals surface area contributed by atoms with Gasteiger partial charge in [0.2, 0.25) is 0 Å². The van der Waals surface area contributed by atoms with Crippen LogP contribution in [0.3, 0.4) is 0 Å². The Morgan fingerprint density at radius 1 is 1.28 bits per heavy atom. The first-order valence-corrected chi connectivity index (χ1v) is 7.18. The number of carbonyl (C=O) groups excluding carboxylic acids is 1. The molecule has 5 nitrogen and oxygen atoms in total.